The van der Waals surface area contributed by atoms with Gasteiger partial charge in [-0.2, -0.15) is 0 Å². The summed E-state index contributed by atoms with van der Waals surface area (Å²) in [6, 6.07) is 0. The van der Waals surface area contributed by atoms with Gasteiger partial charge in [-0.15, -0.1) is 0 Å². The number of rotatable bonds is 3. The fourth-order valence-corrected chi connectivity index (χ4v) is 0.256. The third-order valence-electron chi connectivity index (χ3n) is 0.612. The van der Waals surface area contributed by atoms with Gasteiger partial charge in [-0.1, -0.05) is 0 Å². The van der Waals surface area contributed by atoms with Crippen LogP contribution >= 0.6 is 16.5 Å². The van der Waals surface area contributed by atoms with Gasteiger partial charge in [-0.3, -0.25) is 9.13 Å². The van der Waals surface area contributed by atoms with Gasteiger partial charge in [0.2, 0.25) is 0 Å². The number of aliphatic hydroxyl groups excluding tert-OH is 1. The minimum atomic E-state index is -3.13. The normalized spacial score (nSPS) is 8.86. The lowest BCUT2D eigenvalue weighted by Crippen LogP contribution is -1.98. The summed E-state index contributed by atoms with van der Waals surface area (Å²) in [6.45, 7) is 0.970. The summed E-state index contributed by atoms with van der Waals surface area (Å²) >= 11 is 0. The summed E-state index contributed by atoms with van der Waals surface area (Å²) in [5.41, 5.74) is 5.10. The molecule has 0 spiro atoms. The molecule has 0 aromatic heterocycles. The molecule has 10 heteroatoms. The van der Waals surface area contributed by atoms with Gasteiger partial charge in [0.05, 0.1) is 0 Å². The number of hydrogen-bond acceptors (Lipinski definition) is 4. The smallest absolute Gasteiger partial charge is 0.314 e. The maximum absolute atomic E-state index is 8.74. The lowest BCUT2D eigenvalue weighted by molar-refractivity contribution is 0.285. The van der Waals surface area contributed by atoms with Crippen molar-refractivity contribution in [2.45, 2.75) is 12.8 Å². The Hall–Kier alpha value is 0.220. The van der Waals surface area contributed by atoms with Gasteiger partial charge >= 0.3 is 16.5 Å². The molecule has 0 aromatic rings. The second-order valence-corrected chi connectivity index (χ2v) is 2.91. The summed E-state index contributed by atoms with van der Waals surface area (Å²) in [5, 5.41) is 8.14. The number of aliphatic hydroxyl groups is 1. The fourth-order valence-electron chi connectivity index (χ4n) is 0.256. The van der Waals surface area contributed by atoms with E-state index < -0.39 is 16.5 Å². The second-order valence-electron chi connectivity index (χ2n) is 1.78. The predicted molar refractivity (Wildman–Crippen MR) is 52.3 cm³/mol. The SMILES string of the molecule is NCCCCO.O=[PH](O)O.O=[PH](O)O. The first-order chi connectivity index (χ1) is 6.38. The van der Waals surface area contributed by atoms with E-state index in [-0.39, 0.29) is 6.61 Å². The molecule has 8 nitrogen and oxygen atoms in total. The van der Waals surface area contributed by atoms with Crippen LogP contribution in [0.25, 0.3) is 0 Å². The number of hydrogen-bond donors (Lipinski definition) is 6. The monoisotopic (exact) mass is 253 g/mol. The maximum Gasteiger partial charge on any atom is 0.314 e. The molecule has 0 aliphatic heterocycles. The Bertz CT molecular complexity index is 120. The molecule has 0 atom stereocenters. The Labute approximate surface area is 82.9 Å². The van der Waals surface area contributed by atoms with E-state index >= 15 is 0 Å². The molecule has 0 aromatic carbocycles. The van der Waals surface area contributed by atoms with E-state index in [2.05, 4.69) is 0 Å². The van der Waals surface area contributed by atoms with Crippen molar-refractivity contribution in [3.63, 3.8) is 0 Å². The van der Waals surface area contributed by atoms with E-state index in [1.165, 1.54) is 0 Å². The fraction of sp³-hybridized carbons (Fsp3) is 1.00. The zero-order chi connectivity index (χ0) is 12.0. The van der Waals surface area contributed by atoms with Gasteiger partial charge in [-0.05, 0) is 19.4 Å². The van der Waals surface area contributed by atoms with Crippen molar-refractivity contribution >= 4 is 16.5 Å². The molecule has 0 bridgehead atoms. The van der Waals surface area contributed by atoms with Crippen molar-refractivity contribution < 1.29 is 33.8 Å². The minimum Gasteiger partial charge on any atom is -0.396 e. The van der Waals surface area contributed by atoms with Crippen LogP contribution in [0.3, 0.4) is 0 Å². The van der Waals surface area contributed by atoms with Crippen LogP contribution in [0.1, 0.15) is 12.8 Å². The molecule has 0 radical (unpaired) electrons. The van der Waals surface area contributed by atoms with Gasteiger partial charge in [0.15, 0.2) is 0 Å². The number of nitrogens with two attached hydrogens (primary N) is 1. The summed E-state index contributed by atoms with van der Waals surface area (Å²) in [7, 11) is -6.26. The van der Waals surface area contributed by atoms with Crippen molar-refractivity contribution in [1.29, 1.82) is 0 Å². The molecule has 0 amide bonds. The Kier molecular flexibility index (Phi) is 26.7. The largest absolute Gasteiger partial charge is 0.396 e. The van der Waals surface area contributed by atoms with Crippen LogP contribution in [-0.4, -0.2) is 37.8 Å². The van der Waals surface area contributed by atoms with Crippen molar-refractivity contribution in [1.82, 2.24) is 0 Å². The molecule has 0 saturated heterocycles. The summed E-state index contributed by atoms with van der Waals surface area (Å²) in [4.78, 5) is 28.6. The molecule has 0 unspecified atom stereocenters. The average Bonchev–Trinajstić information content (AvgIpc) is 1.98. The van der Waals surface area contributed by atoms with Gasteiger partial charge < -0.3 is 30.4 Å². The van der Waals surface area contributed by atoms with E-state index in [0.29, 0.717) is 6.54 Å². The van der Waals surface area contributed by atoms with Gasteiger partial charge in [0.1, 0.15) is 0 Å². The molecular weight excluding hydrogens is 236 g/mol. The van der Waals surface area contributed by atoms with Gasteiger partial charge in [-0.25, -0.2) is 0 Å². The molecular formula is C4H17NO7P2. The van der Waals surface area contributed by atoms with Crippen LogP contribution in [0.2, 0.25) is 0 Å². The molecule has 90 valence electrons. The van der Waals surface area contributed by atoms with Crippen molar-refractivity contribution in [3.05, 3.63) is 0 Å². The summed E-state index contributed by atoms with van der Waals surface area (Å²) in [5.74, 6) is 0. The van der Waals surface area contributed by atoms with E-state index in [0.717, 1.165) is 12.8 Å². The third-order valence-corrected chi connectivity index (χ3v) is 0.612. The third kappa shape index (κ3) is 148. The van der Waals surface area contributed by atoms with Crippen LogP contribution in [0.15, 0.2) is 0 Å². The van der Waals surface area contributed by atoms with Crippen LogP contribution < -0.4 is 5.73 Å². The zero-order valence-corrected chi connectivity index (χ0v) is 9.46. The first kappa shape index (κ1) is 19.7. The topological polar surface area (TPSA) is 161 Å². The summed E-state index contributed by atoms with van der Waals surface area (Å²) in [6.07, 6.45) is 1.78. The maximum atomic E-state index is 8.74. The van der Waals surface area contributed by atoms with Crippen LogP contribution in [0.5, 0.6) is 0 Å². The Morgan fingerprint density at radius 2 is 1.21 bits per heavy atom. The molecule has 0 saturated carbocycles. The molecule has 14 heavy (non-hydrogen) atoms. The predicted octanol–water partition coefficient (Wildman–Crippen LogP) is -1.56. The first-order valence-corrected chi connectivity index (χ1v) is 6.13. The zero-order valence-electron chi connectivity index (χ0n) is 7.46. The first-order valence-electron chi connectivity index (χ1n) is 3.53. The van der Waals surface area contributed by atoms with Crippen molar-refractivity contribution in [2.24, 2.45) is 5.73 Å². The van der Waals surface area contributed by atoms with E-state index in [1.807, 2.05) is 0 Å². The van der Waals surface area contributed by atoms with Crippen molar-refractivity contribution in [2.75, 3.05) is 13.2 Å². The highest BCUT2D eigenvalue weighted by atomic mass is 31.1. The van der Waals surface area contributed by atoms with Crippen molar-refractivity contribution in [3.8, 4) is 0 Å². The minimum absolute atomic E-state index is 0.275. The molecule has 7 N–H and O–H groups in total. The van der Waals surface area contributed by atoms with Crippen LogP contribution in [-0.2, 0) is 9.13 Å². The summed E-state index contributed by atoms with van der Waals surface area (Å²) < 4.78 is 17.5. The molecule has 0 heterocycles. The van der Waals surface area contributed by atoms with E-state index in [9.17, 15) is 0 Å². The van der Waals surface area contributed by atoms with Gasteiger partial charge in [0.25, 0.3) is 0 Å². The second kappa shape index (κ2) is 18.9. The molecule has 0 rings (SSSR count). The van der Waals surface area contributed by atoms with Crippen LogP contribution in [0.4, 0.5) is 0 Å². The lowest BCUT2D eigenvalue weighted by Gasteiger charge is -1.86. The highest BCUT2D eigenvalue weighted by Crippen LogP contribution is 1.98. The lowest BCUT2D eigenvalue weighted by atomic mass is 10.3. The Morgan fingerprint density at radius 3 is 1.29 bits per heavy atom. The molecule has 0 fully saturated rings. The Balaban J connectivity index is -0.000000135. The average molecular weight is 253 g/mol. The highest BCUT2D eigenvalue weighted by Gasteiger charge is 1.76. The van der Waals surface area contributed by atoms with E-state index in [1.54, 1.807) is 0 Å². The standard InChI is InChI=1S/C4H11NO.2H3O3P/c5-3-1-2-4-6;2*1-4(2)3/h6H,1-5H2;2*4H,(H2,1,2,3). The van der Waals surface area contributed by atoms with Crippen LogP contribution in [0, 0.1) is 0 Å². The quantitative estimate of drug-likeness (QED) is 0.260. The van der Waals surface area contributed by atoms with Gasteiger partial charge in [0, 0.05) is 6.61 Å². The molecule has 0 aliphatic rings. The molecule has 0 aliphatic carbocycles. The number of unbranched alkanes of at least 4 members (excludes halogenated alkanes) is 1. The Morgan fingerprint density at radius 1 is 0.929 bits per heavy atom. The highest BCUT2D eigenvalue weighted by molar-refractivity contribution is 7.31. The van der Waals surface area contributed by atoms with E-state index in [4.69, 9.17) is 39.5 Å².